The van der Waals surface area contributed by atoms with Crippen molar-refractivity contribution in [2.45, 2.75) is 6.92 Å². The molecule has 96 valence electrons. The summed E-state index contributed by atoms with van der Waals surface area (Å²) < 4.78 is 10.1. The molecule has 0 radical (unpaired) electrons. The molecule has 0 saturated carbocycles. The molecule has 0 aliphatic rings. The maximum absolute atomic E-state index is 11.8. The highest BCUT2D eigenvalue weighted by atomic mass is 16.5. The van der Waals surface area contributed by atoms with Gasteiger partial charge >= 0.3 is 11.9 Å². The molecule has 0 N–H and O–H groups in total. The van der Waals surface area contributed by atoms with Crippen molar-refractivity contribution in [3.8, 4) is 11.5 Å². The maximum Gasteiger partial charge on any atom is 0.343 e. The molecule has 0 unspecified atom stereocenters. The standard InChI is InChI=1S/C15H12O4/c1-11(16)18-14-9-7-12(8-10-14)15(17)19-13-5-3-2-4-6-13/h2-10H,1H3. The van der Waals surface area contributed by atoms with Crippen LogP contribution in [0.25, 0.3) is 0 Å². The summed E-state index contributed by atoms with van der Waals surface area (Å²) in [5.41, 5.74) is 0.389. The monoisotopic (exact) mass is 256 g/mol. The van der Waals surface area contributed by atoms with Gasteiger partial charge in [-0.2, -0.15) is 0 Å². The largest absolute Gasteiger partial charge is 0.427 e. The van der Waals surface area contributed by atoms with Gasteiger partial charge in [-0.25, -0.2) is 4.79 Å². The van der Waals surface area contributed by atoms with Crippen LogP contribution < -0.4 is 9.47 Å². The van der Waals surface area contributed by atoms with E-state index in [9.17, 15) is 9.59 Å². The van der Waals surface area contributed by atoms with E-state index in [-0.39, 0.29) is 0 Å². The zero-order valence-corrected chi connectivity index (χ0v) is 10.3. The van der Waals surface area contributed by atoms with Gasteiger partial charge in [-0.15, -0.1) is 0 Å². The van der Waals surface area contributed by atoms with Crippen molar-refractivity contribution >= 4 is 11.9 Å². The van der Waals surface area contributed by atoms with Crippen molar-refractivity contribution in [1.29, 1.82) is 0 Å². The molecule has 0 amide bonds. The van der Waals surface area contributed by atoms with E-state index in [2.05, 4.69) is 0 Å². The minimum Gasteiger partial charge on any atom is -0.427 e. The molecule has 0 atom stereocenters. The van der Waals surface area contributed by atoms with Gasteiger partial charge in [0.2, 0.25) is 0 Å². The number of hydrogen-bond donors (Lipinski definition) is 0. The van der Waals surface area contributed by atoms with E-state index >= 15 is 0 Å². The van der Waals surface area contributed by atoms with Crippen molar-refractivity contribution < 1.29 is 19.1 Å². The van der Waals surface area contributed by atoms with E-state index in [4.69, 9.17) is 9.47 Å². The smallest absolute Gasteiger partial charge is 0.343 e. The van der Waals surface area contributed by atoms with Gasteiger partial charge in [0.15, 0.2) is 0 Å². The summed E-state index contributed by atoms with van der Waals surface area (Å²) >= 11 is 0. The molecular formula is C15H12O4. The lowest BCUT2D eigenvalue weighted by Crippen LogP contribution is -2.08. The summed E-state index contributed by atoms with van der Waals surface area (Å²) in [6.07, 6.45) is 0. The summed E-state index contributed by atoms with van der Waals surface area (Å²) in [4.78, 5) is 22.6. The number of benzene rings is 2. The highest BCUT2D eigenvalue weighted by Crippen LogP contribution is 2.15. The van der Waals surface area contributed by atoms with Gasteiger partial charge in [0.25, 0.3) is 0 Å². The first-order valence-electron chi connectivity index (χ1n) is 5.71. The number of hydrogen-bond acceptors (Lipinski definition) is 4. The Morgan fingerprint density at radius 3 is 1.95 bits per heavy atom. The van der Waals surface area contributed by atoms with Crippen molar-refractivity contribution in [3.05, 3.63) is 60.2 Å². The molecule has 19 heavy (non-hydrogen) atoms. The lowest BCUT2D eigenvalue weighted by atomic mass is 10.2. The molecule has 2 aromatic carbocycles. The van der Waals surface area contributed by atoms with Crippen molar-refractivity contribution in [2.75, 3.05) is 0 Å². The number of carbonyl (C=O) groups excluding carboxylic acids is 2. The van der Waals surface area contributed by atoms with E-state index in [1.165, 1.54) is 6.92 Å². The molecule has 0 heterocycles. The van der Waals surface area contributed by atoms with Crippen molar-refractivity contribution in [2.24, 2.45) is 0 Å². The van der Waals surface area contributed by atoms with E-state index in [1.807, 2.05) is 6.07 Å². The predicted molar refractivity (Wildman–Crippen MR) is 69.2 cm³/mol. The van der Waals surface area contributed by atoms with Crippen LogP contribution in [0, 0.1) is 0 Å². The molecule has 4 nitrogen and oxygen atoms in total. The fourth-order valence-corrected chi connectivity index (χ4v) is 1.48. The summed E-state index contributed by atoms with van der Waals surface area (Å²) in [6.45, 7) is 1.32. The van der Waals surface area contributed by atoms with E-state index in [0.717, 1.165) is 0 Å². The third-order valence-corrected chi connectivity index (χ3v) is 2.31. The fourth-order valence-electron chi connectivity index (χ4n) is 1.48. The van der Waals surface area contributed by atoms with Gasteiger partial charge in [0.1, 0.15) is 11.5 Å². The Hall–Kier alpha value is -2.62. The van der Waals surface area contributed by atoms with Crippen molar-refractivity contribution in [3.63, 3.8) is 0 Å². The minimum absolute atomic E-state index is 0.389. The topological polar surface area (TPSA) is 52.6 Å². The molecule has 0 aliphatic heterocycles. The van der Waals surface area contributed by atoms with Crippen LogP contribution in [0.1, 0.15) is 17.3 Å². The van der Waals surface area contributed by atoms with E-state index in [0.29, 0.717) is 17.1 Å². The fraction of sp³-hybridized carbons (Fsp3) is 0.0667. The van der Waals surface area contributed by atoms with Crippen LogP contribution in [-0.4, -0.2) is 11.9 Å². The molecule has 0 aliphatic carbocycles. The summed E-state index contributed by atoms with van der Waals surface area (Å²) in [5, 5.41) is 0. The predicted octanol–water partition coefficient (Wildman–Crippen LogP) is 2.83. The Morgan fingerprint density at radius 2 is 1.37 bits per heavy atom. The highest BCUT2D eigenvalue weighted by Gasteiger charge is 2.08. The number of para-hydroxylation sites is 1. The second kappa shape index (κ2) is 5.82. The first kappa shape index (κ1) is 12.8. The molecule has 2 aromatic rings. The summed E-state index contributed by atoms with van der Waals surface area (Å²) in [7, 11) is 0. The minimum atomic E-state index is -0.458. The third kappa shape index (κ3) is 3.67. The molecule has 0 bridgehead atoms. The first-order valence-corrected chi connectivity index (χ1v) is 5.71. The van der Waals surface area contributed by atoms with Gasteiger partial charge in [0.05, 0.1) is 5.56 Å². The first-order chi connectivity index (χ1) is 9.15. The second-order valence-electron chi connectivity index (χ2n) is 3.82. The molecule has 4 heteroatoms. The van der Waals surface area contributed by atoms with E-state index < -0.39 is 11.9 Å². The normalized spacial score (nSPS) is 9.74. The van der Waals surface area contributed by atoms with Gasteiger partial charge in [-0.3, -0.25) is 4.79 Å². The number of carbonyl (C=O) groups is 2. The third-order valence-electron chi connectivity index (χ3n) is 2.31. The lowest BCUT2D eigenvalue weighted by molar-refractivity contribution is -0.131. The van der Waals surface area contributed by atoms with Crippen LogP contribution in [0.5, 0.6) is 11.5 Å². The van der Waals surface area contributed by atoms with Crippen LogP contribution in [0.4, 0.5) is 0 Å². The molecule has 0 spiro atoms. The zero-order valence-electron chi connectivity index (χ0n) is 10.3. The van der Waals surface area contributed by atoms with Gasteiger partial charge in [-0.1, -0.05) is 18.2 Å². The Balaban J connectivity index is 2.05. The zero-order chi connectivity index (χ0) is 13.7. The van der Waals surface area contributed by atoms with Gasteiger partial charge in [-0.05, 0) is 36.4 Å². The highest BCUT2D eigenvalue weighted by molar-refractivity contribution is 5.91. The second-order valence-corrected chi connectivity index (χ2v) is 3.82. The Morgan fingerprint density at radius 1 is 0.789 bits per heavy atom. The summed E-state index contributed by atoms with van der Waals surface area (Å²) in [5.74, 6) is 0.0144. The molecule has 0 saturated heterocycles. The summed E-state index contributed by atoms with van der Waals surface area (Å²) in [6, 6.07) is 15.0. The van der Waals surface area contributed by atoms with Crippen LogP contribution in [0.3, 0.4) is 0 Å². The molecular weight excluding hydrogens is 244 g/mol. The van der Waals surface area contributed by atoms with Crippen LogP contribution in [-0.2, 0) is 4.79 Å². The number of ether oxygens (including phenoxy) is 2. The number of rotatable bonds is 3. The van der Waals surface area contributed by atoms with Crippen LogP contribution in [0.15, 0.2) is 54.6 Å². The van der Waals surface area contributed by atoms with Crippen LogP contribution >= 0.6 is 0 Å². The Kier molecular flexibility index (Phi) is 3.93. The van der Waals surface area contributed by atoms with Crippen LogP contribution in [0.2, 0.25) is 0 Å². The Bertz CT molecular complexity index is 573. The van der Waals surface area contributed by atoms with Crippen molar-refractivity contribution in [1.82, 2.24) is 0 Å². The lowest BCUT2D eigenvalue weighted by Gasteiger charge is -2.05. The van der Waals surface area contributed by atoms with E-state index in [1.54, 1.807) is 48.5 Å². The Labute approximate surface area is 110 Å². The molecule has 0 aromatic heterocycles. The molecule has 0 fully saturated rings. The SMILES string of the molecule is CC(=O)Oc1ccc(C(=O)Oc2ccccc2)cc1. The van der Waals surface area contributed by atoms with Gasteiger partial charge < -0.3 is 9.47 Å². The average Bonchev–Trinajstić information content (AvgIpc) is 2.40. The quantitative estimate of drug-likeness (QED) is 0.626. The van der Waals surface area contributed by atoms with Gasteiger partial charge in [0, 0.05) is 6.92 Å². The maximum atomic E-state index is 11.8. The number of esters is 2. The molecule has 2 rings (SSSR count). The average molecular weight is 256 g/mol.